The minimum absolute atomic E-state index is 0.617. The molecule has 0 aromatic heterocycles. The van der Waals surface area contributed by atoms with Crippen molar-refractivity contribution in [3.05, 3.63) is 34.9 Å². The van der Waals surface area contributed by atoms with Gasteiger partial charge in [-0.1, -0.05) is 23.7 Å². The summed E-state index contributed by atoms with van der Waals surface area (Å²) in [6.07, 6.45) is 0. The SMILES string of the molecule is CC1CN(Cc2ccc(Cl)cc2)[C@H](C)CN1C. The smallest absolute Gasteiger partial charge is 0.0406 e. The summed E-state index contributed by atoms with van der Waals surface area (Å²) < 4.78 is 0. The molecule has 1 aliphatic heterocycles. The van der Waals surface area contributed by atoms with Gasteiger partial charge in [-0.15, -0.1) is 0 Å². The molecule has 0 N–H and O–H groups in total. The van der Waals surface area contributed by atoms with Crippen molar-refractivity contribution in [3.8, 4) is 0 Å². The van der Waals surface area contributed by atoms with Crippen molar-refractivity contribution in [1.82, 2.24) is 9.80 Å². The van der Waals surface area contributed by atoms with Crippen LogP contribution in [-0.2, 0) is 6.54 Å². The summed E-state index contributed by atoms with van der Waals surface area (Å²) in [4.78, 5) is 4.98. The Hall–Kier alpha value is -0.570. The molecule has 17 heavy (non-hydrogen) atoms. The van der Waals surface area contributed by atoms with E-state index in [9.17, 15) is 0 Å². The van der Waals surface area contributed by atoms with E-state index in [1.165, 1.54) is 5.56 Å². The van der Waals surface area contributed by atoms with Gasteiger partial charge < -0.3 is 4.90 Å². The van der Waals surface area contributed by atoms with Crippen LogP contribution in [0.4, 0.5) is 0 Å². The Morgan fingerprint density at radius 2 is 1.76 bits per heavy atom. The number of rotatable bonds is 2. The first-order valence-corrected chi connectivity index (χ1v) is 6.63. The first-order valence-electron chi connectivity index (χ1n) is 6.25. The third kappa shape index (κ3) is 3.21. The first-order chi connectivity index (χ1) is 8.06. The highest BCUT2D eigenvalue weighted by molar-refractivity contribution is 6.30. The second-order valence-corrected chi connectivity index (χ2v) is 5.63. The third-order valence-electron chi connectivity index (χ3n) is 3.73. The minimum atomic E-state index is 0.617. The van der Waals surface area contributed by atoms with Crippen LogP contribution in [0, 0.1) is 0 Å². The molecule has 0 spiro atoms. The van der Waals surface area contributed by atoms with E-state index >= 15 is 0 Å². The Kier molecular flexibility index (Phi) is 4.08. The maximum atomic E-state index is 5.91. The van der Waals surface area contributed by atoms with E-state index < -0.39 is 0 Å². The van der Waals surface area contributed by atoms with Gasteiger partial charge in [-0.25, -0.2) is 0 Å². The average Bonchev–Trinajstić information content (AvgIpc) is 2.29. The molecule has 1 saturated heterocycles. The van der Waals surface area contributed by atoms with Crippen LogP contribution in [0.5, 0.6) is 0 Å². The monoisotopic (exact) mass is 252 g/mol. The van der Waals surface area contributed by atoms with Gasteiger partial charge >= 0.3 is 0 Å². The highest BCUT2D eigenvalue weighted by Crippen LogP contribution is 2.17. The Balaban J connectivity index is 2.00. The Bertz CT molecular complexity index is 363. The van der Waals surface area contributed by atoms with Crippen LogP contribution in [0.15, 0.2) is 24.3 Å². The molecule has 1 aromatic rings. The van der Waals surface area contributed by atoms with Crippen molar-refractivity contribution >= 4 is 11.6 Å². The van der Waals surface area contributed by atoms with Crippen LogP contribution < -0.4 is 0 Å². The van der Waals surface area contributed by atoms with Crippen LogP contribution in [0.2, 0.25) is 5.02 Å². The van der Waals surface area contributed by atoms with Crippen molar-refractivity contribution < 1.29 is 0 Å². The predicted molar refractivity (Wildman–Crippen MR) is 73.4 cm³/mol. The molecule has 3 heteroatoms. The van der Waals surface area contributed by atoms with E-state index in [1.807, 2.05) is 12.1 Å². The zero-order valence-electron chi connectivity index (χ0n) is 10.9. The molecule has 0 radical (unpaired) electrons. The van der Waals surface area contributed by atoms with Crippen molar-refractivity contribution in [2.45, 2.75) is 32.5 Å². The third-order valence-corrected chi connectivity index (χ3v) is 3.98. The van der Waals surface area contributed by atoms with Crippen molar-refractivity contribution in [2.75, 3.05) is 20.1 Å². The lowest BCUT2D eigenvalue weighted by Crippen LogP contribution is -2.54. The zero-order chi connectivity index (χ0) is 12.4. The number of hydrogen-bond acceptors (Lipinski definition) is 2. The second kappa shape index (κ2) is 5.38. The molecule has 0 bridgehead atoms. The number of piperazine rings is 1. The number of halogens is 1. The van der Waals surface area contributed by atoms with Gasteiger partial charge in [-0.2, -0.15) is 0 Å². The highest BCUT2D eigenvalue weighted by Gasteiger charge is 2.26. The van der Waals surface area contributed by atoms with Gasteiger partial charge in [0.15, 0.2) is 0 Å². The van der Waals surface area contributed by atoms with Crippen LogP contribution in [0.3, 0.4) is 0 Å². The first kappa shape index (κ1) is 12.9. The summed E-state index contributed by atoms with van der Waals surface area (Å²) >= 11 is 5.91. The molecule has 1 fully saturated rings. The fraction of sp³-hybridized carbons (Fsp3) is 0.571. The summed E-state index contributed by atoms with van der Waals surface area (Å²) in [6, 6.07) is 9.45. The topological polar surface area (TPSA) is 6.48 Å². The number of benzene rings is 1. The molecule has 94 valence electrons. The minimum Gasteiger partial charge on any atom is -0.301 e. The second-order valence-electron chi connectivity index (χ2n) is 5.19. The molecule has 1 aliphatic rings. The Morgan fingerprint density at radius 1 is 1.12 bits per heavy atom. The van der Waals surface area contributed by atoms with Gasteiger partial charge in [0.2, 0.25) is 0 Å². The van der Waals surface area contributed by atoms with Gasteiger partial charge in [-0.05, 0) is 38.6 Å². The molecular weight excluding hydrogens is 232 g/mol. The molecule has 2 atom stereocenters. The fourth-order valence-corrected chi connectivity index (χ4v) is 2.54. The maximum Gasteiger partial charge on any atom is 0.0406 e. The number of likely N-dealkylation sites (N-methyl/N-ethyl adjacent to an activating group) is 1. The molecule has 2 rings (SSSR count). The maximum absolute atomic E-state index is 5.91. The van der Waals surface area contributed by atoms with Crippen LogP contribution in [0.25, 0.3) is 0 Å². The van der Waals surface area contributed by atoms with E-state index in [-0.39, 0.29) is 0 Å². The average molecular weight is 253 g/mol. The van der Waals surface area contributed by atoms with E-state index in [1.54, 1.807) is 0 Å². The summed E-state index contributed by atoms with van der Waals surface area (Å²) in [7, 11) is 2.21. The van der Waals surface area contributed by atoms with Crippen molar-refractivity contribution in [2.24, 2.45) is 0 Å². The van der Waals surface area contributed by atoms with Crippen LogP contribution in [-0.4, -0.2) is 42.0 Å². The zero-order valence-corrected chi connectivity index (χ0v) is 11.6. The molecule has 2 nitrogen and oxygen atoms in total. The highest BCUT2D eigenvalue weighted by atomic mass is 35.5. The fourth-order valence-electron chi connectivity index (χ4n) is 2.42. The van der Waals surface area contributed by atoms with Crippen molar-refractivity contribution in [1.29, 1.82) is 0 Å². The molecule has 1 aromatic carbocycles. The summed E-state index contributed by atoms with van der Waals surface area (Å²) in [6.45, 7) is 7.91. The van der Waals surface area contributed by atoms with Gasteiger partial charge in [0.25, 0.3) is 0 Å². The van der Waals surface area contributed by atoms with E-state index in [0.29, 0.717) is 12.1 Å². The van der Waals surface area contributed by atoms with Gasteiger partial charge in [0.05, 0.1) is 0 Å². The molecule has 0 aliphatic carbocycles. The van der Waals surface area contributed by atoms with E-state index in [0.717, 1.165) is 24.7 Å². The van der Waals surface area contributed by atoms with Gasteiger partial charge in [-0.3, -0.25) is 4.90 Å². The normalized spacial score (nSPS) is 27.3. The predicted octanol–water partition coefficient (Wildman–Crippen LogP) is 2.86. The quantitative estimate of drug-likeness (QED) is 0.799. The van der Waals surface area contributed by atoms with Crippen LogP contribution >= 0.6 is 11.6 Å². The number of nitrogens with zero attached hydrogens (tertiary/aromatic N) is 2. The lowest BCUT2D eigenvalue weighted by Gasteiger charge is -2.42. The van der Waals surface area contributed by atoms with E-state index in [4.69, 9.17) is 11.6 Å². The summed E-state index contributed by atoms with van der Waals surface area (Å²) in [5, 5.41) is 0.813. The lowest BCUT2D eigenvalue weighted by atomic mass is 10.1. The van der Waals surface area contributed by atoms with E-state index in [2.05, 4.69) is 42.8 Å². The Labute approximate surface area is 109 Å². The summed E-state index contributed by atoms with van der Waals surface area (Å²) in [5.41, 5.74) is 1.35. The molecule has 0 amide bonds. The standard InChI is InChI=1S/C14H21ClN2/c1-11-9-17(12(2)8-16(11)3)10-13-4-6-14(15)7-5-13/h4-7,11-12H,8-10H2,1-3H3/t11?,12-/m1/s1. The van der Waals surface area contributed by atoms with Gasteiger partial charge in [0, 0.05) is 36.7 Å². The number of hydrogen-bond donors (Lipinski definition) is 0. The molecule has 1 heterocycles. The van der Waals surface area contributed by atoms with Crippen molar-refractivity contribution in [3.63, 3.8) is 0 Å². The summed E-state index contributed by atoms with van der Waals surface area (Å²) in [5.74, 6) is 0. The Morgan fingerprint density at radius 3 is 2.41 bits per heavy atom. The molecule has 0 saturated carbocycles. The molecule has 1 unspecified atom stereocenters. The van der Waals surface area contributed by atoms with Gasteiger partial charge in [0.1, 0.15) is 0 Å². The lowest BCUT2D eigenvalue weighted by molar-refractivity contribution is 0.0546. The molecular formula is C14H21ClN2. The van der Waals surface area contributed by atoms with Crippen LogP contribution in [0.1, 0.15) is 19.4 Å². The largest absolute Gasteiger partial charge is 0.301 e.